The number of amides is 2. The Bertz CT molecular complexity index is 857. The fourth-order valence-electron chi connectivity index (χ4n) is 2.21. The summed E-state index contributed by atoms with van der Waals surface area (Å²) in [6.07, 6.45) is 1.80. The van der Waals surface area contributed by atoms with E-state index in [-0.39, 0.29) is 6.03 Å². The lowest BCUT2D eigenvalue weighted by Gasteiger charge is -2.17. The monoisotopic (exact) mass is 343 g/mol. The summed E-state index contributed by atoms with van der Waals surface area (Å²) in [4.78, 5) is 19.2. The predicted molar refractivity (Wildman–Crippen MR) is 91.6 cm³/mol. The van der Waals surface area contributed by atoms with Crippen LogP contribution in [-0.2, 0) is 13.6 Å². The van der Waals surface area contributed by atoms with Gasteiger partial charge in [-0.3, -0.25) is 0 Å². The number of thiazole rings is 1. The van der Waals surface area contributed by atoms with Crippen LogP contribution in [0.5, 0.6) is 0 Å². The Morgan fingerprint density at radius 2 is 2.25 bits per heavy atom. The molecular weight excluding hydrogens is 326 g/mol. The largest absolute Gasteiger partial charge is 0.322 e. The summed E-state index contributed by atoms with van der Waals surface area (Å²) in [5, 5.41) is 15.3. The van der Waals surface area contributed by atoms with E-state index >= 15 is 0 Å². The number of nitrogens with zero attached hydrogens (tertiary/aromatic N) is 6. The number of urea groups is 1. The summed E-state index contributed by atoms with van der Waals surface area (Å²) in [5.41, 5.74) is 1.52. The Hall–Kier alpha value is -2.81. The average molecular weight is 343 g/mol. The number of hydrogen-bond acceptors (Lipinski definition) is 6. The maximum absolute atomic E-state index is 12.3. The van der Waals surface area contributed by atoms with Crippen LogP contribution in [0, 0.1) is 6.92 Å². The second kappa shape index (κ2) is 6.75. The fourth-order valence-corrected chi connectivity index (χ4v) is 3.06. The molecule has 0 bridgehead atoms. The average Bonchev–Trinajstić information content (AvgIpc) is 3.16. The summed E-state index contributed by atoms with van der Waals surface area (Å²) in [5.74, 6) is 0.639. The number of anilines is 1. The van der Waals surface area contributed by atoms with E-state index in [1.165, 1.54) is 0 Å². The number of rotatable bonds is 4. The number of nitrogens with one attached hydrogen (secondary N) is 1. The van der Waals surface area contributed by atoms with E-state index in [2.05, 4.69) is 25.8 Å². The normalized spacial score (nSPS) is 10.6. The highest BCUT2D eigenvalue weighted by atomic mass is 32.1. The number of aryl methyl sites for hydroxylation is 2. The molecule has 0 unspecified atom stereocenters. The van der Waals surface area contributed by atoms with Crippen LogP contribution in [0.2, 0.25) is 0 Å². The zero-order valence-electron chi connectivity index (χ0n) is 13.6. The summed E-state index contributed by atoms with van der Waals surface area (Å²) >= 11 is 1.58. The van der Waals surface area contributed by atoms with Crippen LogP contribution in [0.25, 0.3) is 11.4 Å². The van der Waals surface area contributed by atoms with Crippen LogP contribution < -0.4 is 5.32 Å². The van der Waals surface area contributed by atoms with Gasteiger partial charge < -0.3 is 10.2 Å². The first kappa shape index (κ1) is 16.1. The molecule has 3 rings (SSSR count). The van der Waals surface area contributed by atoms with Gasteiger partial charge in [0, 0.05) is 36.4 Å². The first-order chi connectivity index (χ1) is 11.5. The Kier molecular flexibility index (Phi) is 4.52. The summed E-state index contributed by atoms with van der Waals surface area (Å²) in [6, 6.07) is 7.23. The van der Waals surface area contributed by atoms with Crippen molar-refractivity contribution in [3.05, 3.63) is 40.3 Å². The molecule has 2 amide bonds. The molecule has 0 aliphatic carbocycles. The van der Waals surface area contributed by atoms with Gasteiger partial charge in [0.05, 0.1) is 11.6 Å². The third-order valence-electron chi connectivity index (χ3n) is 3.40. The maximum atomic E-state index is 12.3. The SMILES string of the molecule is Cc1ncc(CN(C)C(=O)Nc2cccc(-c3nnnn3C)c2)s1. The van der Waals surface area contributed by atoms with Crippen molar-refractivity contribution < 1.29 is 4.79 Å². The molecule has 0 radical (unpaired) electrons. The minimum Gasteiger partial charge on any atom is -0.322 e. The van der Waals surface area contributed by atoms with E-state index < -0.39 is 0 Å². The van der Waals surface area contributed by atoms with Crippen molar-refractivity contribution in [3.8, 4) is 11.4 Å². The summed E-state index contributed by atoms with van der Waals surface area (Å²) in [6.45, 7) is 2.46. The van der Waals surface area contributed by atoms with Crippen LogP contribution in [-0.4, -0.2) is 43.2 Å². The first-order valence-corrected chi connectivity index (χ1v) is 8.11. The van der Waals surface area contributed by atoms with E-state index in [1.807, 2.05) is 31.2 Å². The van der Waals surface area contributed by atoms with Crippen LogP contribution in [0.4, 0.5) is 10.5 Å². The molecular formula is C15H17N7OS. The molecule has 24 heavy (non-hydrogen) atoms. The van der Waals surface area contributed by atoms with E-state index in [9.17, 15) is 4.79 Å². The number of carbonyl (C=O) groups excluding carboxylic acids is 1. The zero-order valence-corrected chi connectivity index (χ0v) is 14.4. The molecule has 0 spiro atoms. The molecule has 8 nitrogen and oxygen atoms in total. The van der Waals surface area contributed by atoms with Gasteiger partial charge in [0.25, 0.3) is 0 Å². The van der Waals surface area contributed by atoms with Crippen molar-refractivity contribution in [2.24, 2.45) is 7.05 Å². The molecule has 0 aliphatic heterocycles. The lowest BCUT2D eigenvalue weighted by atomic mass is 10.2. The Morgan fingerprint density at radius 3 is 2.92 bits per heavy atom. The molecule has 1 N–H and O–H groups in total. The van der Waals surface area contributed by atoms with Gasteiger partial charge in [-0.25, -0.2) is 14.5 Å². The van der Waals surface area contributed by atoms with Crippen molar-refractivity contribution in [2.45, 2.75) is 13.5 Å². The number of benzene rings is 1. The highest BCUT2D eigenvalue weighted by Gasteiger charge is 2.12. The minimum atomic E-state index is -0.186. The second-order valence-electron chi connectivity index (χ2n) is 5.34. The number of hydrogen-bond donors (Lipinski definition) is 1. The van der Waals surface area contributed by atoms with Crippen LogP contribution in [0.15, 0.2) is 30.5 Å². The second-order valence-corrected chi connectivity index (χ2v) is 6.66. The molecule has 0 saturated heterocycles. The maximum Gasteiger partial charge on any atom is 0.321 e. The Balaban J connectivity index is 1.69. The highest BCUT2D eigenvalue weighted by molar-refractivity contribution is 7.11. The van der Waals surface area contributed by atoms with Gasteiger partial charge in [0.15, 0.2) is 5.82 Å². The Labute approximate surface area is 143 Å². The van der Waals surface area contributed by atoms with Crippen molar-refractivity contribution in [3.63, 3.8) is 0 Å². The van der Waals surface area contributed by atoms with Gasteiger partial charge >= 0.3 is 6.03 Å². The Morgan fingerprint density at radius 1 is 1.42 bits per heavy atom. The zero-order chi connectivity index (χ0) is 17.1. The number of aromatic nitrogens is 5. The summed E-state index contributed by atoms with van der Waals surface area (Å²) in [7, 11) is 3.52. The third-order valence-corrected chi connectivity index (χ3v) is 4.30. The van der Waals surface area contributed by atoms with Gasteiger partial charge in [0.2, 0.25) is 0 Å². The lowest BCUT2D eigenvalue weighted by molar-refractivity contribution is 0.221. The topological polar surface area (TPSA) is 88.8 Å². The van der Waals surface area contributed by atoms with Gasteiger partial charge in [-0.2, -0.15) is 0 Å². The van der Waals surface area contributed by atoms with Gasteiger partial charge in [-0.15, -0.1) is 16.4 Å². The van der Waals surface area contributed by atoms with Crippen molar-refractivity contribution in [1.82, 2.24) is 30.1 Å². The molecule has 0 saturated carbocycles. The van der Waals surface area contributed by atoms with Gasteiger partial charge in [0.1, 0.15) is 0 Å². The smallest absolute Gasteiger partial charge is 0.321 e. The number of carbonyl (C=O) groups is 1. The predicted octanol–water partition coefficient (Wildman–Crippen LogP) is 2.31. The van der Waals surface area contributed by atoms with Gasteiger partial charge in [-0.1, -0.05) is 12.1 Å². The summed E-state index contributed by atoms with van der Waals surface area (Å²) < 4.78 is 1.58. The molecule has 0 aliphatic rings. The van der Waals surface area contributed by atoms with E-state index in [0.717, 1.165) is 15.4 Å². The quantitative estimate of drug-likeness (QED) is 0.785. The van der Waals surface area contributed by atoms with Crippen LogP contribution in [0.3, 0.4) is 0 Å². The number of tetrazole rings is 1. The molecule has 2 heterocycles. The fraction of sp³-hybridized carbons (Fsp3) is 0.267. The lowest BCUT2D eigenvalue weighted by Crippen LogP contribution is -2.30. The molecule has 2 aromatic heterocycles. The van der Waals surface area contributed by atoms with E-state index in [0.29, 0.717) is 18.1 Å². The minimum absolute atomic E-state index is 0.186. The molecule has 3 aromatic rings. The standard InChI is InChI=1S/C15H17N7OS/c1-10-16-8-13(24-10)9-21(2)15(23)17-12-6-4-5-11(7-12)14-18-19-20-22(14)3/h4-8H,9H2,1-3H3,(H,17,23). The molecule has 124 valence electrons. The van der Waals surface area contributed by atoms with E-state index in [4.69, 9.17) is 0 Å². The van der Waals surface area contributed by atoms with Gasteiger partial charge in [-0.05, 0) is 29.5 Å². The molecule has 9 heteroatoms. The molecule has 1 aromatic carbocycles. The van der Waals surface area contributed by atoms with Crippen molar-refractivity contribution >= 4 is 23.1 Å². The van der Waals surface area contributed by atoms with Crippen LogP contribution >= 0.6 is 11.3 Å². The van der Waals surface area contributed by atoms with Crippen molar-refractivity contribution in [1.29, 1.82) is 0 Å². The van der Waals surface area contributed by atoms with Crippen LogP contribution in [0.1, 0.15) is 9.88 Å². The third kappa shape index (κ3) is 3.57. The first-order valence-electron chi connectivity index (χ1n) is 7.29. The molecule has 0 atom stereocenters. The van der Waals surface area contributed by atoms with E-state index in [1.54, 1.807) is 41.2 Å². The molecule has 0 fully saturated rings. The van der Waals surface area contributed by atoms with Crippen molar-refractivity contribution in [2.75, 3.05) is 12.4 Å². The highest BCUT2D eigenvalue weighted by Crippen LogP contribution is 2.20.